The lowest BCUT2D eigenvalue weighted by Gasteiger charge is -2.54. The summed E-state index contributed by atoms with van der Waals surface area (Å²) in [7, 11) is 0. The summed E-state index contributed by atoms with van der Waals surface area (Å²) in [6.45, 7) is 3.67. The number of ether oxygens (including phenoxy) is 1. The van der Waals surface area contributed by atoms with Crippen LogP contribution < -0.4 is 0 Å². The van der Waals surface area contributed by atoms with Crippen LogP contribution in [0.5, 0.6) is 0 Å². The first-order chi connectivity index (χ1) is 10.3. The van der Waals surface area contributed by atoms with Crippen molar-refractivity contribution >= 4 is 0 Å². The molecule has 4 fully saturated rings. The normalized spacial score (nSPS) is 52.2. The highest BCUT2D eigenvalue weighted by molar-refractivity contribution is 5.16. The van der Waals surface area contributed by atoms with Crippen molar-refractivity contribution in [3.63, 3.8) is 0 Å². The highest BCUT2D eigenvalue weighted by Crippen LogP contribution is 2.66. The summed E-state index contributed by atoms with van der Waals surface area (Å²) < 4.78 is 5.62. The first kappa shape index (κ1) is 13.0. The van der Waals surface area contributed by atoms with E-state index in [0.29, 0.717) is 5.41 Å². The molecule has 0 amide bonds. The highest BCUT2D eigenvalue weighted by atomic mass is 16.5. The van der Waals surface area contributed by atoms with E-state index < -0.39 is 0 Å². The van der Waals surface area contributed by atoms with Gasteiger partial charge in [0.15, 0.2) is 0 Å². The minimum Gasteiger partial charge on any atom is -0.501 e. The summed E-state index contributed by atoms with van der Waals surface area (Å²) in [5, 5.41) is 0. The second-order valence-corrected chi connectivity index (χ2v) is 9.00. The second kappa shape index (κ2) is 4.52. The van der Waals surface area contributed by atoms with Crippen LogP contribution in [0.1, 0.15) is 64.7 Å². The summed E-state index contributed by atoms with van der Waals surface area (Å²) in [5.41, 5.74) is 2.39. The maximum atomic E-state index is 5.62. The lowest BCUT2D eigenvalue weighted by atomic mass is 9.51. The third-order valence-electron chi connectivity index (χ3n) is 8.30. The predicted molar refractivity (Wildman–Crippen MR) is 84.6 cm³/mol. The number of hydrogen-bond donors (Lipinski definition) is 0. The topological polar surface area (TPSA) is 9.23 Å². The van der Waals surface area contributed by atoms with Crippen LogP contribution in [0.25, 0.3) is 0 Å². The van der Waals surface area contributed by atoms with E-state index in [4.69, 9.17) is 4.74 Å². The Morgan fingerprint density at radius 3 is 2.67 bits per heavy atom. The Hall–Kier alpha value is -0.460. The molecule has 0 aromatic rings. The van der Waals surface area contributed by atoms with Gasteiger partial charge in [0.2, 0.25) is 0 Å². The van der Waals surface area contributed by atoms with Gasteiger partial charge in [0.1, 0.15) is 0 Å². The van der Waals surface area contributed by atoms with Crippen molar-refractivity contribution in [2.24, 2.45) is 40.9 Å². The molecule has 0 aromatic carbocycles. The molecule has 5 aliphatic rings. The van der Waals surface area contributed by atoms with E-state index in [1.807, 2.05) is 0 Å². The molecule has 6 atom stereocenters. The summed E-state index contributed by atoms with van der Waals surface area (Å²) >= 11 is 0. The lowest BCUT2D eigenvalue weighted by molar-refractivity contribution is -0.0318. The molecule has 0 spiro atoms. The van der Waals surface area contributed by atoms with Crippen LogP contribution in [-0.2, 0) is 4.74 Å². The van der Waals surface area contributed by atoms with Crippen LogP contribution in [0.2, 0.25) is 0 Å². The molecular formula is C20H30O. The third-order valence-corrected chi connectivity index (χ3v) is 8.30. The minimum atomic E-state index is 0.717. The number of hydrogen-bond acceptors (Lipinski definition) is 1. The van der Waals surface area contributed by atoms with Crippen molar-refractivity contribution in [3.05, 3.63) is 11.8 Å². The number of allylic oxidation sites excluding steroid dienone is 1. The van der Waals surface area contributed by atoms with Crippen molar-refractivity contribution in [1.29, 1.82) is 0 Å². The Morgan fingerprint density at radius 1 is 0.952 bits per heavy atom. The van der Waals surface area contributed by atoms with Crippen molar-refractivity contribution < 1.29 is 4.74 Å². The molecule has 1 heterocycles. The average Bonchev–Trinajstić information content (AvgIpc) is 3.28. The zero-order valence-corrected chi connectivity index (χ0v) is 13.5. The van der Waals surface area contributed by atoms with Gasteiger partial charge in [-0.2, -0.15) is 0 Å². The van der Waals surface area contributed by atoms with Gasteiger partial charge >= 0.3 is 0 Å². The Balaban J connectivity index is 1.43. The average molecular weight is 286 g/mol. The molecule has 4 saturated carbocycles. The molecule has 0 N–H and O–H groups in total. The molecule has 6 unspecified atom stereocenters. The molecule has 1 aliphatic heterocycles. The number of fused-ring (bicyclic) bond motifs is 5. The van der Waals surface area contributed by atoms with E-state index in [1.54, 1.807) is 31.3 Å². The van der Waals surface area contributed by atoms with Crippen LogP contribution in [0.15, 0.2) is 11.8 Å². The van der Waals surface area contributed by atoms with Gasteiger partial charge in [0.25, 0.3) is 0 Å². The van der Waals surface area contributed by atoms with Gasteiger partial charge in [-0.05, 0) is 104 Å². The molecule has 1 nitrogen and oxygen atoms in total. The SMILES string of the molecule is CC12CCC3C4CCOC=C4CCC3C1CCC2C1CC1. The summed E-state index contributed by atoms with van der Waals surface area (Å²) in [6.07, 6.45) is 15.5. The third kappa shape index (κ3) is 1.82. The molecule has 21 heavy (non-hydrogen) atoms. The Kier molecular flexibility index (Phi) is 2.80. The summed E-state index contributed by atoms with van der Waals surface area (Å²) in [4.78, 5) is 0. The van der Waals surface area contributed by atoms with Gasteiger partial charge < -0.3 is 4.74 Å². The zero-order valence-electron chi connectivity index (χ0n) is 13.5. The molecular weight excluding hydrogens is 256 g/mol. The second-order valence-electron chi connectivity index (χ2n) is 9.00. The van der Waals surface area contributed by atoms with Crippen LogP contribution in [0.3, 0.4) is 0 Å². The van der Waals surface area contributed by atoms with E-state index in [2.05, 4.69) is 13.2 Å². The smallest absolute Gasteiger partial charge is 0.0879 e. The Labute approximate surface area is 129 Å². The fourth-order valence-corrected chi connectivity index (χ4v) is 7.25. The first-order valence-electron chi connectivity index (χ1n) is 9.58. The fraction of sp³-hybridized carbons (Fsp3) is 0.900. The molecule has 0 bridgehead atoms. The van der Waals surface area contributed by atoms with E-state index >= 15 is 0 Å². The first-order valence-corrected chi connectivity index (χ1v) is 9.58. The van der Waals surface area contributed by atoms with Gasteiger partial charge in [-0.3, -0.25) is 0 Å². The number of rotatable bonds is 1. The standard InChI is InChI=1S/C20H30O/c1-20-10-8-16-15-9-11-21-12-14(15)4-5-17(16)19(20)7-6-18(20)13-2-3-13/h12-13,15-19H,2-11H2,1H3. The van der Waals surface area contributed by atoms with Crippen molar-refractivity contribution in [3.8, 4) is 0 Å². The van der Waals surface area contributed by atoms with Crippen LogP contribution in [0, 0.1) is 40.9 Å². The van der Waals surface area contributed by atoms with Crippen molar-refractivity contribution in [2.75, 3.05) is 6.61 Å². The Morgan fingerprint density at radius 2 is 1.81 bits per heavy atom. The largest absolute Gasteiger partial charge is 0.501 e. The quantitative estimate of drug-likeness (QED) is 0.646. The Bertz CT molecular complexity index is 462. The monoisotopic (exact) mass is 286 g/mol. The summed E-state index contributed by atoms with van der Waals surface area (Å²) in [5.74, 6) is 6.22. The van der Waals surface area contributed by atoms with Gasteiger partial charge in [-0.15, -0.1) is 0 Å². The molecule has 0 aromatic heterocycles. The molecule has 1 heteroatoms. The van der Waals surface area contributed by atoms with E-state index in [-0.39, 0.29) is 0 Å². The maximum absolute atomic E-state index is 5.62. The van der Waals surface area contributed by atoms with Gasteiger partial charge in [0, 0.05) is 0 Å². The molecule has 116 valence electrons. The molecule has 4 aliphatic carbocycles. The molecule has 0 saturated heterocycles. The summed E-state index contributed by atoms with van der Waals surface area (Å²) in [6, 6.07) is 0. The van der Waals surface area contributed by atoms with E-state index in [1.165, 1.54) is 32.1 Å². The van der Waals surface area contributed by atoms with Gasteiger partial charge in [-0.1, -0.05) is 6.92 Å². The lowest BCUT2D eigenvalue weighted by Crippen LogP contribution is -2.46. The fourth-order valence-electron chi connectivity index (χ4n) is 7.25. The van der Waals surface area contributed by atoms with Gasteiger partial charge in [0.05, 0.1) is 12.9 Å². The van der Waals surface area contributed by atoms with Gasteiger partial charge in [-0.25, -0.2) is 0 Å². The molecule has 5 rings (SSSR count). The highest BCUT2D eigenvalue weighted by Gasteiger charge is 2.58. The van der Waals surface area contributed by atoms with E-state index in [9.17, 15) is 0 Å². The zero-order chi connectivity index (χ0) is 14.0. The minimum absolute atomic E-state index is 0.717. The van der Waals surface area contributed by atoms with Crippen LogP contribution >= 0.6 is 0 Å². The van der Waals surface area contributed by atoms with Crippen LogP contribution in [-0.4, -0.2) is 6.61 Å². The van der Waals surface area contributed by atoms with Crippen LogP contribution in [0.4, 0.5) is 0 Å². The maximum Gasteiger partial charge on any atom is 0.0879 e. The predicted octanol–water partition coefficient (Wildman–Crippen LogP) is 5.17. The van der Waals surface area contributed by atoms with Crippen molar-refractivity contribution in [1.82, 2.24) is 0 Å². The van der Waals surface area contributed by atoms with Crippen molar-refractivity contribution in [2.45, 2.75) is 64.7 Å². The van der Waals surface area contributed by atoms with E-state index in [0.717, 1.165) is 42.1 Å². The molecule has 0 radical (unpaired) electrons.